The Balaban J connectivity index is 2.11. The van der Waals surface area contributed by atoms with E-state index in [9.17, 15) is 4.79 Å². The third-order valence-electron chi connectivity index (χ3n) is 4.20. The van der Waals surface area contributed by atoms with Gasteiger partial charge in [0.1, 0.15) is 5.75 Å². The summed E-state index contributed by atoms with van der Waals surface area (Å²) in [6, 6.07) is 17.1. The van der Waals surface area contributed by atoms with Gasteiger partial charge in [-0.15, -0.1) is 0 Å². The van der Waals surface area contributed by atoms with Crippen LogP contribution in [0, 0.1) is 0 Å². The predicted molar refractivity (Wildman–Crippen MR) is 102 cm³/mol. The Kier molecular flexibility index (Phi) is 7.29. The van der Waals surface area contributed by atoms with Crippen LogP contribution >= 0.6 is 0 Å². The molecule has 2 amide bonds. The molecule has 2 aromatic rings. The molecular formula is C20H27N3O2. The number of para-hydroxylation sites is 2. The van der Waals surface area contributed by atoms with Crippen molar-refractivity contribution in [2.45, 2.75) is 19.9 Å². The quantitative estimate of drug-likeness (QED) is 0.766. The summed E-state index contributed by atoms with van der Waals surface area (Å²) in [7, 11) is 1.59. The lowest BCUT2D eigenvalue weighted by Gasteiger charge is -2.26. The Bertz CT molecular complexity index is 657. The topological polar surface area (TPSA) is 53.6 Å². The molecule has 25 heavy (non-hydrogen) atoms. The predicted octanol–water partition coefficient (Wildman–Crippen LogP) is 3.90. The standard InChI is InChI=1S/C20H27N3O2/c1-4-23(5-2)15-18(16-11-7-6-8-12-16)22-20(24)21-17-13-9-10-14-19(17)25-3/h6-14,18H,4-5,15H2,1-3H3,(H2,21,22,24)/t18-/m1/s1. The van der Waals surface area contributed by atoms with Crippen molar-refractivity contribution in [3.05, 3.63) is 60.2 Å². The van der Waals surface area contributed by atoms with Gasteiger partial charge in [-0.1, -0.05) is 56.3 Å². The number of amides is 2. The van der Waals surface area contributed by atoms with E-state index < -0.39 is 0 Å². The summed E-state index contributed by atoms with van der Waals surface area (Å²) in [6.07, 6.45) is 0. The van der Waals surface area contributed by atoms with Crippen molar-refractivity contribution in [2.75, 3.05) is 32.1 Å². The lowest BCUT2D eigenvalue weighted by molar-refractivity contribution is 0.235. The van der Waals surface area contributed by atoms with E-state index in [4.69, 9.17) is 4.74 Å². The normalized spacial score (nSPS) is 11.8. The zero-order valence-electron chi connectivity index (χ0n) is 15.2. The van der Waals surface area contributed by atoms with E-state index in [1.807, 2.05) is 54.6 Å². The number of methoxy groups -OCH3 is 1. The minimum atomic E-state index is -0.245. The first kappa shape index (κ1) is 18.8. The van der Waals surface area contributed by atoms with E-state index >= 15 is 0 Å². The molecule has 2 N–H and O–H groups in total. The number of nitrogens with zero attached hydrogens (tertiary/aromatic N) is 1. The maximum Gasteiger partial charge on any atom is 0.319 e. The van der Waals surface area contributed by atoms with Gasteiger partial charge in [-0.3, -0.25) is 0 Å². The van der Waals surface area contributed by atoms with Gasteiger partial charge in [-0.05, 0) is 30.8 Å². The lowest BCUT2D eigenvalue weighted by atomic mass is 10.1. The van der Waals surface area contributed by atoms with Gasteiger partial charge in [0.05, 0.1) is 18.8 Å². The molecule has 2 rings (SSSR count). The average Bonchev–Trinajstić information content (AvgIpc) is 2.66. The van der Waals surface area contributed by atoms with Gasteiger partial charge in [0.25, 0.3) is 0 Å². The summed E-state index contributed by atoms with van der Waals surface area (Å²) >= 11 is 0. The molecule has 0 aliphatic heterocycles. The van der Waals surface area contributed by atoms with Crippen molar-refractivity contribution in [3.8, 4) is 5.75 Å². The molecule has 0 aliphatic rings. The molecule has 0 unspecified atom stereocenters. The van der Waals surface area contributed by atoms with Gasteiger partial charge in [-0.25, -0.2) is 4.79 Å². The highest BCUT2D eigenvalue weighted by Crippen LogP contribution is 2.23. The molecule has 0 saturated heterocycles. The third-order valence-corrected chi connectivity index (χ3v) is 4.20. The highest BCUT2D eigenvalue weighted by atomic mass is 16.5. The molecular weight excluding hydrogens is 314 g/mol. The largest absolute Gasteiger partial charge is 0.495 e. The first-order valence-electron chi connectivity index (χ1n) is 8.65. The monoisotopic (exact) mass is 341 g/mol. The number of rotatable bonds is 8. The van der Waals surface area contributed by atoms with Crippen LogP contribution in [0.4, 0.5) is 10.5 Å². The van der Waals surface area contributed by atoms with Crippen LogP contribution in [0.5, 0.6) is 5.75 Å². The Morgan fingerprint density at radius 2 is 1.68 bits per heavy atom. The fourth-order valence-corrected chi connectivity index (χ4v) is 2.72. The fourth-order valence-electron chi connectivity index (χ4n) is 2.72. The number of ether oxygens (including phenoxy) is 1. The van der Waals surface area contributed by atoms with Crippen LogP contribution in [0.25, 0.3) is 0 Å². The molecule has 2 aromatic carbocycles. The Morgan fingerprint density at radius 1 is 1.04 bits per heavy atom. The van der Waals surface area contributed by atoms with Crippen LogP contribution in [-0.2, 0) is 0 Å². The Hall–Kier alpha value is -2.53. The molecule has 1 atom stereocenters. The van der Waals surface area contributed by atoms with E-state index in [1.54, 1.807) is 7.11 Å². The van der Waals surface area contributed by atoms with E-state index in [0.717, 1.165) is 25.2 Å². The van der Waals surface area contributed by atoms with Gasteiger partial charge in [0.15, 0.2) is 0 Å². The van der Waals surface area contributed by atoms with Crippen LogP contribution in [0.1, 0.15) is 25.5 Å². The smallest absolute Gasteiger partial charge is 0.319 e. The molecule has 0 aromatic heterocycles. The van der Waals surface area contributed by atoms with Crippen LogP contribution < -0.4 is 15.4 Å². The minimum Gasteiger partial charge on any atom is -0.495 e. The zero-order valence-corrected chi connectivity index (χ0v) is 15.2. The van der Waals surface area contributed by atoms with Crippen LogP contribution in [0.15, 0.2) is 54.6 Å². The molecule has 0 radical (unpaired) electrons. The average molecular weight is 341 g/mol. The second-order valence-corrected chi connectivity index (χ2v) is 5.75. The molecule has 0 aliphatic carbocycles. The lowest BCUT2D eigenvalue weighted by Crippen LogP contribution is -2.39. The molecule has 0 spiro atoms. The molecule has 5 heteroatoms. The maximum absolute atomic E-state index is 12.5. The highest BCUT2D eigenvalue weighted by Gasteiger charge is 2.17. The third kappa shape index (κ3) is 5.50. The van der Waals surface area contributed by atoms with Gasteiger partial charge in [0, 0.05) is 6.54 Å². The molecule has 0 fully saturated rings. The number of anilines is 1. The number of urea groups is 1. The van der Waals surface area contributed by atoms with Crippen molar-refractivity contribution < 1.29 is 9.53 Å². The minimum absolute atomic E-state index is 0.0872. The van der Waals surface area contributed by atoms with Crippen LogP contribution in [0.3, 0.4) is 0 Å². The maximum atomic E-state index is 12.5. The first-order chi connectivity index (χ1) is 12.2. The van der Waals surface area contributed by atoms with Crippen molar-refractivity contribution in [3.63, 3.8) is 0 Å². The highest BCUT2D eigenvalue weighted by molar-refractivity contribution is 5.91. The van der Waals surface area contributed by atoms with Crippen molar-refractivity contribution >= 4 is 11.7 Å². The zero-order chi connectivity index (χ0) is 18.1. The van der Waals surface area contributed by atoms with Gasteiger partial charge in [-0.2, -0.15) is 0 Å². The summed E-state index contributed by atoms with van der Waals surface area (Å²) in [5.41, 5.74) is 1.74. The number of likely N-dealkylation sites (N-methyl/N-ethyl adjacent to an activating group) is 1. The number of nitrogens with one attached hydrogen (secondary N) is 2. The molecule has 0 heterocycles. The Morgan fingerprint density at radius 3 is 2.32 bits per heavy atom. The van der Waals surface area contributed by atoms with E-state index in [1.165, 1.54) is 0 Å². The van der Waals surface area contributed by atoms with Gasteiger partial charge in [0.2, 0.25) is 0 Å². The van der Waals surface area contributed by atoms with E-state index in [0.29, 0.717) is 11.4 Å². The molecule has 134 valence electrons. The summed E-state index contributed by atoms with van der Waals surface area (Å²) in [5, 5.41) is 5.96. The van der Waals surface area contributed by atoms with E-state index in [-0.39, 0.29) is 12.1 Å². The number of hydrogen-bond donors (Lipinski definition) is 2. The van der Waals surface area contributed by atoms with E-state index in [2.05, 4.69) is 29.4 Å². The second kappa shape index (κ2) is 9.69. The van der Waals surface area contributed by atoms with Crippen molar-refractivity contribution in [1.82, 2.24) is 10.2 Å². The molecule has 0 saturated carbocycles. The number of carbonyl (C=O) groups is 1. The van der Waals surface area contributed by atoms with Crippen molar-refractivity contribution in [1.29, 1.82) is 0 Å². The second-order valence-electron chi connectivity index (χ2n) is 5.75. The summed E-state index contributed by atoms with van der Waals surface area (Å²) < 4.78 is 5.28. The van der Waals surface area contributed by atoms with Crippen LogP contribution in [0.2, 0.25) is 0 Å². The van der Waals surface area contributed by atoms with Crippen LogP contribution in [-0.4, -0.2) is 37.7 Å². The van der Waals surface area contributed by atoms with Gasteiger partial charge >= 0.3 is 6.03 Å². The summed E-state index contributed by atoms with van der Waals surface area (Å²) in [6.45, 7) is 6.89. The molecule has 5 nitrogen and oxygen atoms in total. The van der Waals surface area contributed by atoms with Crippen molar-refractivity contribution in [2.24, 2.45) is 0 Å². The fraction of sp³-hybridized carbons (Fsp3) is 0.350. The van der Waals surface area contributed by atoms with Gasteiger partial charge < -0.3 is 20.3 Å². The summed E-state index contributed by atoms with van der Waals surface area (Å²) in [4.78, 5) is 14.8. The molecule has 0 bridgehead atoms. The first-order valence-corrected chi connectivity index (χ1v) is 8.65. The Labute approximate surface area is 150 Å². The number of carbonyl (C=O) groups excluding carboxylic acids is 1. The SMILES string of the molecule is CCN(CC)C[C@@H](NC(=O)Nc1ccccc1OC)c1ccccc1. The number of benzene rings is 2. The summed E-state index contributed by atoms with van der Waals surface area (Å²) in [5.74, 6) is 0.637. The number of hydrogen-bond acceptors (Lipinski definition) is 3.